The van der Waals surface area contributed by atoms with E-state index in [-0.39, 0.29) is 0 Å². The van der Waals surface area contributed by atoms with E-state index in [2.05, 4.69) is 158 Å². The van der Waals surface area contributed by atoms with Gasteiger partial charge in [-0.1, -0.05) is 127 Å². The Bertz CT molecular complexity index is 2910. The number of benzene rings is 10. The molecule has 47 heavy (non-hydrogen) atoms. The third kappa shape index (κ3) is 3.49. The molecule has 0 N–H and O–H groups in total. The van der Waals surface area contributed by atoms with Crippen LogP contribution in [0.5, 0.6) is 11.5 Å². The standard InChI is InChI=1S/C46H26O/c1-4-12-35-30(7-1)23-33(36-20-17-29-16-15-27-9-5-10-28-18-21-39(36)45(29)44(27)28)25-40(35)32-19-22-42-41(24-32)38-14-6-13-37-34-11-3-2-8-31(34)26-43(47-42)46(37)38/h1-26H. The summed E-state index contributed by atoms with van der Waals surface area (Å²) in [6.07, 6.45) is 0. The van der Waals surface area contributed by atoms with Crippen molar-refractivity contribution in [1.82, 2.24) is 0 Å². The first-order valence-electron chi connectivity index (χ1n) is 16.3. The summed E-state index contributed by atoms with van der Waals surface area (Å²) >= 11 is 0. The van der Waals surface area contributed by atoms with Crippen LogP contribution in [0.1, 0.15) is 0 Å². The summed E-state index contributed by atoms with van der Waals surface area (Å²) in [6, 6.07) is 57.9. The normalized spacial score (nSPS) is 12.4. The van der Waals surface area contributed by atoms with E-state index >= 15 is 0 Å². The van der Waals surface area contributed by atoms with Crippen molar-refractivity contribution in [1.29, 1.82) is 0 Å². The van der Waals surface area contributed by atoms with E-state index in [0.717, 1.165) is 17.1 Å². The predicted molar refractivity (Wildman–Crippen MR) is 199 cm³/mol. The average Bonchev–Trinajstić information content (AvgIpc) is 3.13. The van der Waals surface area contributed by atoms with Gasteiger partial charge in [-0.25, -0.2) is 0 Å². The molecule has 0 amide bonds. The lowest BCUT2D eigenvalue weighted by Gasteiger charge is -2.23. The molecule has 1 aliphatic rings. The smallest absolute Gasteiger partial charge is 0.136 e. The van der Waals surface area contributed by atoms with E-state index in [9.17, 15) is 0 Å². The minimum atomic E-state index is 0.899. The Morgan fingerprint density at radius 2 is 0.936 bits per heavy atom. The summed E-state index contributed by atoms with van der Waals surface area (Å²) in [4.78, 5) is 0. The van der Waals surface area contributed by atoms with Crippen molar-refractivity contribution in [3.8, 4) is 44.9 Å². The van der Waals surface area contributed by atoms with Gasteiger partial charge in [0.2, 0.25) is 0 Å². The van der Waals surface area contributed by atoms with Gasteiger partial charge in [-0.2, -0.15) is 0 Å². The Kier molecular flexibility index (Phi) is 4.90. The van der Waals surface area contributed by atoms with Crippen LogP contribution < -0.4 is 4.74 Å². The van der Waals surface area contributed by atoms with Crippen LogP contribution >= 0.6 is 0 Å². The summed E-state index contributed by atoms with van der Waals surface area (Å²) in [5.74, 6) is 1.83. The molecule has 0 fully saturated rings. The van der Waals surface area contributed by atoms with Gasteiger partial charge in [-0.3, -0.25) is 0 Å². The van der Waals surface area contributed by atoms with Gasteiger partial charge in [0.25, 0.3) is 0 Å². The van der Waals surface area contributed by atoms with Gasteiger partial charge >= 0.3 is 0 Å². The minimum absolute atomic E-state index is 0.899. The quantitative estimate of drug-likeness (QED) is 0.181. The lowest BCUT2D eigenvalue weighted by atomic mass is 9.86. The Morgan fingerprint density at radius 1 is 0.277 bits per heavy atom. The second kappa shape index (κ2) is 9.19. The summed E-state index contributed by atoms with van der Waals surface area (Å²) in [7, 11) is 0. The first-order valence-corrected chi connectivity index (χ1v) is 16.3. The highest BCUT2D eigenvalue weighted by Crippen LogP contribution is 2.50. The van der Waals surface area contributed by atoms with Crippen molar-refractivity contribution >= 4 is 64.6 Å². The summed E-state index contributed by atoms with van der Waals surface area (Å²) < 4.78 is 6.63. The molecule has 1 heterocycles. The Balaban J connectivity index is 1.15. The first-order chi connectivity index (χ1) is 23.3. The fourth-order valence-electron chi connectivity index (χ4n) is 8.24. The highest BCUT2D eigenvalue weighted by molar-refractivity contribution is 6.25. The monoisotopic (exact) mass is 594 g/mol. The van der Waals surface area contributed by atoms with Crippen LogP contribution in [-0.2, 0) is 0 Å². The van der Waals surface area contributed by atoms with Gasteiger partial charge in [-0.15, -0.1) is 0 Å². The van der Waals surface area contributed by atoms with Crippen LogP contribution in [0.15, 0.2) is 158 Å². The minimum Gasteiger partial charge on any atom is -0.456 e. The van der Waals surface area contributed by atoms with Crippen molar-refractivity contribution in [2.75, 3.05) is 0 Å². The molecule has 0 aromatic heterocycles. The highest BCUT2D eigenvalue weighted by Gasteiger charge is 2.23. The second-order valence-electron chi connectivity index (χ2n) is 12.9. The molecule has 10 aromatic carbocycles. The lowest BCUT2D eigenvalue weighted by Crippen LogP contribution is -1.98. The molecule has 216 valence electrons. The third-order valence-electron chi connectivity index (χ3n) is 10.4. The summed E-state index contributed by atoms with van der Waals surface area (Å²) in [5, 5.41) is 15.2. The van der Waals surface area contributed by atoms with Gasteiger partial charge in [0.05, 0.1) is 0 Å². The molecule has 0 bridgehead atoms. The topological polar surface area (TPSA) is 9.23 Å². The zero-order chi connectivity index (χ0) is 30.6. The molecule has 0 radical (unpaired) electrons. The maximum atomic E-state index is 6.63. The van der Waals surface area contributed by atoms with Crippen molar-refractivity contribution < 1.29 is 4.74 Å². The van der Waals surface area contributed by atoms with Crippen LogP contribution in [0, 0.1) is 0 Å². The second-order valence-corrected chi connectivity index (χ2v) is 12.9. The molecule has 0 spiro atoms. The van der Waals surface area contributed by atoms with Gasteiger partial charge in [0.1, 0.15) is 11.5 Å². The number of rotatable bonds is 2. The SMILES string of the molecule is c1ccc2c(-c3ccc4c(c3)-c3cccc5c3c(cc3ccccc35)O4)cc(-c3ccc4ccc5cccc6ccc3c4c56)cc2c1. The van der Waals surface area contributed by atoms with E-state index in [0.29, 0.717) is 0 Å². The maximum Gasteiger partial charge on any atom is 0.136 e. The molecule has 0 atom stereocenters. The van der Waals surface area contributed by atoms with Crippen molar-refractivity contribution in [2.45, 2.75) is 0 Å². The molecule has 0 saturated carbocycles. The Hall–Kier alpha value is -6.18. The van der Waals surface area contributed by atoms with Gasteiger partial charge in [0, 0.05) is 10.9 Å². The molecule has 10 aromatic rings. The molecule has 0 saturated heterocycles. The maximum absolute atomic E-state index is 6.63. The molecular weight excluding hydrogens is 569 g/mol. The third-order valence-corrected chi connectivity index (χ3v) is 10.4. The predicted octanol–water partition coefficient (Wildman–Crippen LogP) is 13.2. The Morgan fingerprint density at radius 3 is 1.81 bits per heavy atom. The zero-order valence-electron chi connectivity index (χ0n) is 25.4. The molecule has 11 rings (SSSR count). The zero-order valence-corrected chi connectivity index (χ0v) is 25.4. The average molecular weight is 595 g/mol. The van der Waals surface area contributed by atoms with Gasteiger partial charge < -0.3 is 4.74 Å². The first kappa shape index (κ1) is 25.1. The van der Waals surface area contributed by atoms with Crippen LogP contribution in [-0.4, -0.2) is 0 Å². The molecule has 0 aliphatic carbocycles. The van der Waals surface area contributed by atoms with E-state index in [1.165, 1.54) is 92.5 Å². The van der Waals surface area contributed by atoms with Gasteiger partial charge in [0.15, 0.2) is 0 Å². The number of hydrogen-bond acceptors (Lipinski definition) is 1. The highest BCUT2D eigenvalue weighted by atomic mass is 16.5. The van der Waals surface area contributed by atoms with E-state index in [1.807, 2.05) is 0 Å². The van der Waals surface area contributed by atoms with Gasteiger partial charge in [-0.05, 0) is 117 Å². The fourth-order valence-corrected chi connectivity index (χ4v) is 8.24. The molecule has 1 nitrogen and oxygen atoms in total. The number of fused-ring (bicyclic) bond motifs is 5. The largest absolute Gasteiger partial charge is 0.456 e. The molecular formula is C46H26O. The number of hydrogen-bond donors (Lipinski definition) is 0. The summed E-state index contributed by atoms with van der Waals surface area (Å²) in [6.45, 7) is 0. The van der Waals surface area contributed by atoms with Crippen LogP contribution in [0.25, 0.3) is 98.0 Å². The fraction of sp³-hybridized carbons (Fsp3) is 0. The van der Waals surface area contributed by atoms with Crippen LogP contribution in [0.4, 0.5) is 0 Å². The lowest BCUT2D eigenvalue weighted by molar-refractivity contribution is 0.488. The summed E-state index contributed by atoms with van der Waals surface area (Å²) in [5.41, 5.74) is 7.25. The molecule has 1 aliphatic heterocycles. The van der Waals surface area contributed by atoms with E-state index in [1.54, 1.807) is 0 Å². The molecule has 1 heteroatoms. The van der Waals surface area contributed by atoms with E-state index in [4.69, 9.17) is 4.74 Å². The molecule has 0 unspecified atom stereocenters. The van der Waals surface area contributed by atoms with Crippen molar-refractivity contribution in [3.05, 3.63) is 158 Å². The van der Waals surface area contributed by atoms with Crippen LogP contribution in [0.3, 0.4) is 0 Å². The van der Waals surface area contributed by atoms with Crippen LogP contribution in [0.2, 0.25) is 0 Å². The van der Waals surface area contributed by atoms with E-state index < -0.39 is 0 Å². The Labute approximate surface area is 271 Å². The number of ether oxygens (including phenoxy) is 1. The van der Waals surface area contributed by atoms with Crippen molar-refractivity contribution in [2.24, 2.45) is 0 Å². The van der Waals surface area contributed by atoms with Crippen molar-refractivity contribution in [3.63, 3.8) is 0 Å².